The maximum atomic E-state index is 11.7. The summed E-state index contributed by atoms with van der Waals surface area (Å²) in [6.07, 6.45) is 0.279. The number of hydrogen-bond donors (Lipinski definition) is 3. The number of rotatable bonds is 4. The monoisotopic (exact) mass is 281 g/mol. The average Bonchev–Trinajstić information content (AvgIpc) is 2.36. The first-order valence-electron chi connectivity index (χ1n) is 5.99. The molecular formula is C13H19N3O2S. The van der Waals surface area contributed by atoms with Gasteiger partial charge in [0.15, 0.2) is 5.11 Å². The van der Waals surface area contributed by atoms with Gasteiger partial charge in [0, 0.05) is 6.04 Å². The van der Waals surface area contributed by atoms with Crippen LogP contribution >= 0.6 is 12.2 Å². The molecule has 1 aromatic carbocycles. The first-order valence-corrected chi connectivity index (χ1v) is 6.40. The summed E-state index contributed by atoms with van der Waals surface area (Å²) in [6.45, 7) is 3.93. The number of thiocarbonyl (C=S) groups is 1. The molecule has 0 spiro atoms. The van der Waals surface area contributed by atoms with Crippen molar-refractivity contribution in [2.45, 2.75) is 26.3 Å². The van der Waals surface area contributed by atoms with Crippen molar-refractivity contribution in [3.05, 3.63) is 29.8 Å². The number of ether oxygens (including phenoxy) is 1. The molecule has 0 fully saturated rings. The lowest BCUT2D eigenvalue weighted by molar-refractivity contribution is -0.121. The summed E-state index contributed by atoms with van der Waals surface area (Å²) < 4.78 is 5.05. The Balaban J connectivity index is 2.36. The summed E-state index contributed by atoms with van der Waals surface area (Å²) in [6, 6.07) is 7.56. The molecule has 5 nitrogen and oxygen atoms in total. The molecule has 1 amide bonds. The number of hydrazine groups is 1. The van der Waals surface area contributed by atoms with Crippen molar-refractivity contribution < 1.29 is 9.53 Å². The molecular weight excluding hydrogens is 262 g/mol. The van der Waals surface area contributed by atoms with Gasteiger partial charge in [-0.3, -0.25) is 15.6 Å². The second kappa shape index (κ2) is 7.58. The molecule has 0 aliphatic rings. The molecule has 6 heteroatoms. The standard InChI is InChI=1S/C13H19N3O2S/c1-9(2)14-13(19)16-15-12(17)8-10-4-6-11(18-3)7-5-10/h4-7,9H,8H2,1-3H3,(H,15,17)(H2,14,16,19). The first kappa shape index (κ1) is 15.2. The van der Waals surface area contributed by atoms with Gasteiger partial charge in [-0.05, 0) is 43.8 Å². The SMILES string of the molecule is COc1ccc(CC(=O)NNC(=S)NC(C)C)cc1. The molecule has 1 aromatic rings. The molecule has 3 N–H and O–H groups in total. The zero-order valence-electron chi connectivity index (χ0n) is 11.3. The molecule has 104 valence electrons. The molecule has 0 atom stereocenters. The van der Waals surface area contributed by atoms with Gasteiger partial charge in [0.05, 0.1) is 13.5 Å². The summed E-state index contributed by atoms with van der Waals surface area (Å²) in [7, 11) is 1.61. The van der Waals surface area contributed by atoms with Crippen LogP contribution in [0.1, 0.15) is 19.4 Å². The predicted molar refractivity (Wildman–Crippen MR) is 78.8 cm³/mol. The lowest BCUT2D eigenvalue weighted by atomic mass is 10.1. The quantitative estimate of drug-likeness (QED) is 0.571. The second-order valence-electron chi connectivity index (χ2n) is 4.33. The van der Waals surface area contributed by atoms with Crippen LogP contribution < -0.4 is 20.9 Å². The maximum Gasteiger partial charge on any atom is 0.242 e. The van der Waals surface area contributed by atoms with Gasteiger partial charge in [-0.2, -0.15) is 0 Å². The Morgan fingerprint density at radius 3 is 2.42 bits per heavy atom. The van der Waals surface area contributed by atoms with Crippen LogP contribution in [0.25, 0.3) is 0 Å². The number of nitrogens with one attached hydrogen (secondary N) is 3. The Labute approximate surface area is 118 Å². The normalized spacial score (nSPS) is 9.89. The van der Waals surface area contributed by atoms with Crippen molar-refractivity contribution in [1.82, 2.24) is 16.2 Å². The van der Waals surface area contributed by atoms with Gasteiger partial charge in [0.1, 0.15) is 5.75 Å². The Hall–Kier alpha value is -1.82. The minimum atomic E-state index is -0.155. The summed E-state index contributed by atoms with van der Waals surface area (Å²) in [5.74, 6) is 0.614. The van der Waals surface area contributed by atoms with Crippen LogP contribution in [-0.2, 0) is 11.2 Å². The van der Waals surface area contributed by atoms with Gasteiger partial charge in [-0.15, -0.1) is 0 Å². The van der Waals surface area contributed by atoms with Crippen LogP contribution in [0, 0.1) is 0 Å². The molecule has 1 rings (SSSR count). The van der Waals surface area contributed by atoms with E-state index in [0.717, 1.165) is 11.3 Å². The summed E-state index contributed by atoms with van der Waals surface area (Å²) >= 11 is 4.99. The van der Waals surface area contributed by atoms with E-state index >= 15 is 0 Å². The van der Waals surface area contributed by atoms with Crippen molar-refractivity contribution in [2.75, 3.05) is 7.11 Å². The summed E-state index contributed by atoms with van der Waals surface area (Å²) in [4.78, 5) is 11.7. The molecule has 0 heterocycles. The average molecular weight is 281 g/mol. The minimum absolute atomic E-state index is 0.155. The number of carbonyl (C=O) groups is 1. The number of carbonyl (C=O) groups excluding carboxylic acids is 1. The highest BCUT2D eigenvalue weighted by Crippen LogP contribution is 2.11. The van der Waals surface area contributed by atoms with Gasteiger partial charge in [-0.25, -0.2) is 0 Å². The van der Waals surface area contributed by atoms with Gasteiger partial charge >= 0.3 is 0 Å². The fourth-order valence-corrected chi connectivity index (χ4v) is 1.68. The van der Waals surface area contributed by atoms with E-state index in [1.807, 2.05) is 38.1 Å². The van der Waals surface area contributed by atoms with Gasteiger partial charge in [0.2, 0.25) is 5.91 Å². The van der Waals surface area contributed by atoms with Gasteiger partial charge in [0.25, 0.3) is 0 Å². The van der Waals surface area contributed by atoms with E-state index in [9.17, 15) is 4.79 Å². The molecule has 0 radical (unpaired) electrons. The zero-order chi connectivity index (χ0) is 14.3. The highest BCUT2D eigenvalue weighted by atomic mass is 32.1. The van der Waals surface area contributed by atoms with E-state index in [2.05, 4.69) is 16.2 Å². The number of benzene rings is 1. The van der Waals surface area contributed by atoms with E-state index in [0.29, 0.717) is 5.11 Å². The summed E-state index contributed by atoms with van der Waals surface area (Å²) in [5.41, 5.74) is 6.10. The van der Waals surface area contributed by atoms with Crippen LogP contribution in [0.15, 0.2) is 24.3 Å². The van der Waals surface area contributed by atoms with E-state index < -0.39 is 0 Å². The molecule has 0 unspecified atom stereocenters. The van der Waals surface area contributed by atoms with Crippen molar-refractivity contribution in [1.29, 1.82) is 0 Å². The fraction of sp³-hybridized carbons (Fsp3) is 0.385. The Bertz CT molecular complexity index is 432. The van der Waals surface area contributed by atoms with Crippen molar-refractivity contribution >= 4 is 23.2 Å². The number of amides is 1. The van der Waals surface area contributed by atoms with Gasteiger partial charge in [-0.1, -0.05) is 12.1 Å². The smallest absolute Gasteiger partial charge is 0.242 e. The first-order chi connectivity index (χ1) is 9.01. The van der Waals surface area contributed by atoms with Gasteiger partial charge < -0.3 is 10.1 Å². The third kappa shape index (κ3) is 6.05. The van der Waals surface area contributed by atoms with Crippen LogP contribution in [0.5, 0.6) is 5.75 Å². The van der Waals surface area contributed by atoms with Crippen LogP contribution in [0.2, 0.25) is 0 Å². The van der Waals surface area contributed by atoms with Crippen LogP contribution in [-0.4, -0.2) is 24.2 Å². The molecule has 0 saturated carbocycles. The molecule has 0 saturated heterocycles. The van der Waals surface area contributed by atoms with Crippen LogP contribution in [0.3, 0.4) is 0 Å². The Morgan fingerprint density at radius 2 is 1.89 bits per heavy atom. The third-order valence-electron chi connectivity index (χ3n) is 2.26. The minimum Gasteiger partial charge on any atom is -0.497 e. The van der Waals surface area contributed by atoms with Crippen molar-refractivity contribution in [2.24, 2.45) is 0 Å². The Kier molecular flexibility index (Phi) is 6.08. The fourth-order valence-electron chi connectivity index (χ4n) is 1.40. The molecule has 0 aliphatic carbocycles. The zero-order valence-corrected chi connectivity index (χ0v) is 12.1. The van der Waals surface area contributed by atoms with E-state index in [1.165, 1.54) is 0 Å². The number of hydrogen-bond acceptors (Lipinski definition) is 3. The highest BCUT2D eigenvalue weighted by molar-refractivity contribution is 7.80. The maximum absolute atomic E-state index is 11.7. The Morgan fingerprint density at radius 1 is 1.26 bits per heavy atom. The van der Waals surface area contributed by atoms with Crippen LogP contribution in [0.4, 0.5) is 0 Å². The van der Waals surface area contributed by atoms with E-state index in [-0.39, 0.29) is 18.4 Å². The van der Waals surface area contributed by atoms with E-state index in [4.69, 9.17) is 17.0 Å². The molecule has 0 aliphatic heterocycles. The highest BCUT2D eigenvalue weighted by Gasteiger charge is 2.04. The third-order valence-corrected chi connectivity index (χ3v) is 2.48. The second-order valence-corrected chi connectivity index (χ2v) is 4.73. The predicted octanol–water partition coefficient (Wildman–Crippen LogP) is 1.14. The number of methoxy groups -OCH3 is 1. The molecule has 19 heavy (non-hydrogen) atoms. The molecule has 0 bridgehead atoms. The van der Waals surface area contributed by atoms with Crippen molar-refractivity contribution in [3.63, 3.8) is 0 Å². The lowest BCUT2D eigenvalue weighted by Crippen LogP contribution is -2.48. The summed E-state index contributed by atoms with van der Waals surface area (Å²) in [5, 5.41) is 3.37. The largest absolute Gasteiger partial charge is 0.497 e. The topological polar surface area (TPSA) is 62.4 Å². The lowest BCUT2D eigenvalue weighted by Gasteiger charge is -2.13. The van der Waals surface area contributed by atoms with Crippen molar-refractivity contribution in [3.8, 4) is 5.75 Å². The van der Waals surface area contributed by atoms with E-state index in [1.54, 1.807) is 7.11 Å². The molecule has 0 aromatic heterocycles.